The Morgan fingerprint density at radius 3 is 2.96 bits per heavy atom. The molecular formula is C18H24N4O3S. The normalized spacial score (nSPS) is 25.0. The van der Waals surface area contributed by atoms with Gasteiger partial charge in [0.25, 0.3) is 5.91 Å². The molecule has 0 radical (unpaired) electrons. The van der Waals surface area contributed by atoms with E-state index in [1.807, 2.05) is 41.2 Å². The van der Waals surface area contributed by atoms with Gasteiger partial charge in [-0.2, -0.15) is 5.10 Å². The number of nitrogens with zero attached hydrogens (tertiary/aromatic N) is 4. The molecule has 0 saturated carbocycles. The van der Waals surface area contributed by atoms with Gasteiger partial charge in [0, 0.05) is 43.3 Å². The van der Waals surface area contributed by atoms with Gasteiger partial charge < -0.3 is 9.47 Å². The second-order valence-electron chi connectivity index (χ2n) is 7.12. The highest BCUT2D eigenvalue weighted by Gasteiger charge is 2.43. The van der Waals surface area contributed by atoms with E-state index in [2.05, 4.69) is 16.9 Å². The van der Waals surface area contributed by atoms with Crippen LogP contribution in [0.4, 0.5) is 5.00 Å². The van der Waals surface area contributed by atoms with Crippen molar-refractivity contribution in [1.29, 1.82) is 0 Å². The Morgan fingerprint density at radius 2 is 2.23 bits per heavy atom. The summed E-state index contributed by atoms with van der Waals surface area (Å²) in [5, 5.41) is 5.23. The van der Waals surface area contributed by atoms with Crippen molar-refractivity contribution in [2.75, 3.05) is 44.4 Å². The lowest BCUT2D eigenvalue weighted by Crippen LogP contribution is -2.60. The third-order valence-electron chi connectivity index (χ3n) is 4.83. The average Bonchev–Trinajstić information content (AvgIpc) is 3.16. The SMILES string of the molecule is Cc1ccc(N2C[C@]3(COCCN(Cc4cnn(C)c4)C3)OCC2=O)s1. The van der Waals surface area contributed by atoms with Crippen molar-refractivity contribution in [1.82, 2.24) is 14.7 Å². The van der Waals surface area contributed by atoms with Gasteiger partial charge in [-0.15, -0.1) is 11.3 Å². The van der Waals surface area contributed by atoms with Crippen LogP contribution in [0.3, 0.4) is 0 Å². The van der Waals surface area contributed by atoms with E-state index < -0.39 is 5.60 Å². The summed E-state index contributed by atoms with van der Waals surface area (Å²) in [5.74, 6) is 0.0144. The highest BCUT2D eigenvalue weighted by atomic mass is 32.1. The van der Waals surface area contributed by atoms with Crippen LogP contribution in [0.2, 0.25) is 0 Å². The summed E-state index contributed by atoms with van der Waals surface area (Å²) in [6.45, 7) is 6.22. The quantitative estimate of drug-likeness (QED) is 0.811. The van der Waals surface area contributed by atoms with Crippen LogP contribution < -0.4 is 4.90 Å². The molecule has 7 nitrogen and oxygen atoms in total. The average molecular weight is 376 g/mol. The molecule has 0 N–H and O–H groups in total. The molecule has 1 atom stereocenters. The van der Waals surface area contributed by atoms with Crippen LogP contribution in [0.15, 0.2) is 24.5 Å². The van der Waals surface area contributed by atoms with Crippen LogP contribution in [0, 0.1) is 6.92 Å². The molecular weight excluding hydrogens is 352 g/mol. The first-order valence-electron chi connectivity index (χ1n) is 8.81. The van der Waals surface area contributed by atoms with E-state index >= 15 is 0 Å². The number of carbonyl (C=O) groups excluding carboxylic acids is 1. The summed E-state index contributed by atoms with van der Waals surface area (Å²) in [6, 6.07) is 4.07. The van der Waals surface area contributed by atoms with E-state index in [1.54, 1.807) is 11.3 Å². The molecule has 0 aliphatic carbocycles. The fraction of sp³-hybridized carbons (Fsp3) is 0.556. The number of amides is 1. The number of thiophene rings is 1. The molecule has 0 bridgehead atoms. The number of rotatable bonds is 3. The zero-order valence-electron chi connectivity index (χ0n) is 15.2. The van der Waals surface area contributed by atoms with Crippen molar-refractivity contribution in [3.63, 3.8) is 0 Å². The number of aryl methyl sites for hydroxylation is 2. The van der Waals surface area contributed by atoms with Crippen molar-refractivity contribution >= 4 is 22.2 Å². The molecule has 140 valence electrons. The first-order valence-corrected chi connectivity index (χ1v) is 9.63. The Balaban J connectivity index is 1.52. The van der Waals surface area contributed by atoms with Crippen molar-refractivity contribution in [2.24, 2.45) is 7.05 Å². The molecule has 2 aliphatic heterocycles. The number of morpholine rings is 1. The molecule has 8 heteroatoms. The van der Waals surface area contributed by atoms with E-state index in [4.69, 9.17) is 9.47 Å². The van der Waals surface area contributed by atoms with Crippen LogP contribution >= 0.6 is 11.3 Å². The molecule has 26 heavy (non-hydrogen) atoms. The summed E-state index contributed by atoms with van der Waals surface area (Å²) in [4.78, 5) is 17.8. The molecule has 4 heterocycles. The Hall–Kier alpha value is -1.74. The standard InChI is InChI=1S/C18H24N4O3S/c1-14-3-4-17(26-14)22-12-18(25-10-16(22)23)11-21(5-6-24-13-18)9-15-7-19-20(2)8-15/h3-4,7-8H,5-6,9-13H2,1-2H3/t18-/m1/s1. The summed E-state index contributed by atoms with van der Waals surface area (Å²) in [6.07, 6.45) is 3.93. The molecule has 2 saturated heterocycles. The Bertz CT molecular complexity index is 789. The lowest BCUT2D eigenvalue weighted by molar-refractivity contribution is -0.146. The number of hydrogen-bond donors (Lipinski definition) is 0. The van der Waals surface area contributed by atoms with E-state index in [1.165, 1.54) is 10.4 Å². The van der Waals surface area contributed by atoms with E-state index in [0.717, 1.165) is 24.6 Å². The Kier molecular flexibility index (Phi) is 4.83. The predicted octanol–water partition coefficient (Wildman–Crippen LogP) is 1.42. The fourth-order valence-electron chi connectivity index (χ4n) is 3.60. The van der Waals surface area contributed by atoms with Gasteiger partial charge in [0.1, 0.15) is 12.2 Å². The number of aromatic nitrogens is 2. The topological polar surface area (TPSA) is 59.8 Å². The monoisotopic (exact) mass is 376 g/mol. The number of ether oxygens (including phenoxy) is 2. The van der Waals surface area contributed by atoms with Gasteiger partial charge in [0.05, 0.1) is 31.0 Å². The molecule has 4 rings (SSSR count). The third kappa shape index (κ3) is 3.68. The van der Waals surface area contributed by atoms with Crippen LogP contribution in [0.5, 0.6) is 0 Å². The molecule has 0 unspecified atom stereocenters. The van der Waals surface area contributed by atoms with E-state index in [-0.39, 0.29) is 12.5 Å². The maximum Gasteiger partial charge on any atom is 0.253 e. The van der Waals surface area contributed by atoms with Crippen LogP contribution in [-0.2, 0) is 27.9 Å². The molecule has 1 amide bonds. The summed E-state index contributed by atoms with van der Waals surface area (Å²) in [5.41, 5.74) is 0.673. The third-order valence-corrected chi connectivity index (χ3v) is 5.86. The van der Waals surface area contributed by atoms with Crippen molar-refractivity contribution in [2.45, 2.75) is 19.1 Å². The Labute approximate surface area is 157 Å². The largest absolute Gasteiger partial charge is 0.377 e. The molecule has 0 aromatic carbocycles. The van der Waals surface area contributed by atoms with Gasteiger partial charge in [-0.05, 0) is 19.1 Å². The first-order chi connectivity index (χ1) is 12.5. The van der Waals surface area contributed by atoms with Gasteiger partial charge in [-0.25, -0.2) is 0 Å². The van der Waals surface area contributed by atoms with Crippen molar-refractivity contribution in [3.05, 3.63) is 35.0 Å². The minimum absolute atomic E-state index is 0.0144. The zero-order chi connectivity index (χ0) is 18.1. The van der Waals surface area contributed by atoms with Crippen LogP contribution in [-0.4, -0.2) is 65.6 Å². The van der Waals surface area contributed by atoms with Gasteiger partial charge in [-0.3, -0.25) is 19.3 Å². The van der Waals surface area contributed by atoms with Gasteiger partial charge in [-0.1, -0.05) is 0 Å². The van der Waals surface area contributed by atoms with E-state index in [0.29, 0.717) is 19.8 Å². The van der Waals surface area contributed by atoms with Crippen LogP contribution in [0.25, 0.3) is 0 Å². The summed E-state index contributed by atoms with van der Waals surface area (Å²) >= 11 is 1.64. The van der Waals surface area contributed by atoms with Crippen molar-refractivity contribution in [3.8, 4) is 0 Å². The molecule has 2 aliphatic rings. The smallest absolute Gasteiger partial charge is 0.253 e. The molecule has 2 aromatic rings. The van der Waals surface area contributed by atoms with Gasteiger partial charge >= 0.3 is 0 Å². The molecule has 1 spiro atoms. The summed E-state index contributed by atoms with van der Waals surface area (Å²) in [7, 11) is 1.92. The first kappa shape index (κ1) is 17.7. The number of hydrogen-bond acceptors (Lipinski definition) is 6. The lowest BCUT2D eigenvalue weighted by atomic mass is 10.0. The second-order valence-corrected chi connectivity index (χ2v) is 8.39. The highest BCUT2D eigenvalue weighted by molar-refractivity contribution is 7.16. The van der Waals surface area contributed by atoms with Crippen LogP contribution in [0.1, 0.15) is 10.4 Å². The Morgan fingerprint density at radius 1 is 1.35 bits per heavy atom. The molecule has 2 fully saturated rings. The van der Waals surface area contributed by atoms with Gasteiger partial charge in [0.15, 0.2) is 0 Å². The maximum atomic E-state index is 12.4. The summed E-state index contributed by atoms with van der Waals surface area (Å²) < 4.78 is 13.7. The number of carbonyl (C=O) groups is 1. The maximum absolute atomic E-state index is 12.4. The predicted molar refractivity (Wildman–Crippen MR) is 99.4 cm³/mol. The zero-order valence-corrected chi connectivity index (χ0v) is 16.0. The number of anilines is 1. The van der Waals surface area contributed by atoms with E-state index in [9.17, 15) is 4.79 Å². The minimum Gasteiger partial charge on any atom is -0.377 e. The van der Waals surface area contributed by atoms with Gasteiger partial charge in [0.2, 0.25) is 0 Å². The minimum atomic E-state index is -0.496. The highest BCUT2D eigenvalue weighted by Crippen LogP contribution is 2.31. The fourth-order valence-corrected chi connectivity index (χ4v) is 4.47. The van der Waals surface area contributed by atoms with Crippen molar-refractivity contribution < 1.29 is 14.3 Å². The molecule has 2 aromatic heterocycles. The second kappa shape index (κ2) is 7.11. The lowest BCUT2D eigenvalue weighted by Gasteiger charge is -2.42.